The smallest absolute Gasteiger partial charge is 0.241 e. The van der Waals surface area contributed by atoms with Crippen LogP contribution in [0.1, 0.15) is 23.6 Å². The molecule has 1 N–H and O–H groups in total. The SMILES string of the molecule is Cc1ccc(N2C[C@@H](C)N(CC(=O)NCc3ccccc3C)CC2=O)cc1. The molecular formula is C22H27N3O2. The van der Waals surface area contributed by atoms with Crippen molar-refractivity contribution in [1.82, 2.24) is 10.2 Å². The van der Waals surface area contributed by atoms with Gasteiger partial charge in [-0.1, -0.05) is 42.0 Å². The van der Waals surface area contributed by atoms with Gasteiger partial charge in [-0.2, -0.15) is 0 Å². The van der Waals surface area contributed by atoms with Crippen LogP contribution in [0.3, 0.4) is 0 Å². The average Bonchev–Trinajstić information content (AvgIpc) is 2.64. The van der Waals surface area contributed by atoms with E-state index >= 15 is 0 Å². The molecule has 3 rings (SSSR count). The second-order valence-corrected chi connectivity index (χ2v) is 7.30. The highest BCUT2D eigenvalue weighted by atomic mass is 16.2. The van der Waals surface area contributed by atoms with Crippen LogP contribution in [0.2, 0.25) is 0 Å². The van der Waals surface area contributed by atoms with E-state index in [2.05, 4.69) is 12.2 Å². The van der Waals surface area contributed by atoms with Gasteiger partial charge in [0.1, 0.15) is 0 Å². The first-order valence-corrected chi connectivity index (χ1v) is 9.36. The van der Waals surface area contributed by atoms with Crippen molar-refractivity contribution in [2.45, 2.75) is 33.4 Å². The number of benzene rings is 2. The quantitative estimate of drug-likeness (QED) is 0.886. The minimum atomic E-state index is -0.0540. The Kier molecular flexibility index (Phi) is 5.91. The summed E-state index contributed by atoms with van der Waals surface area (Å²) in [5.74, 6) is -0.0228. The largest absolute Gasteiger partial charge is 0.351 e. The van der Waals surface area contributed by atoms with Gasteiger partial charge in [-0.25, -0.2) is 0 Å². The maximum absolute atomic E-state index is 12.6. The lowest BCUT2D eigenvalue weighted by atomic mass is 10.1. The predicted octanol–water partition coefficient (Wildman–Crippen LogP) is 2.66. The summed E-state index contributed by atoms with van der Waals surface area (Å²) in [6.45, 7) is 7.72. The summed E-state index contributed by atoms with van der Waals surface area (Å²) in [5, 5.41) is 2.97. The predicted molar refractivity (Wildman–Crippen MR) is 108 cm³/mol. The first-order chi connectivity index (χ1) is 12.9. The molecule has 2 amide bonds. The lowest BCUT2D eigenvalue weighted by Crippen LogP contribution is -2.57. The minimum Gasteiger partial charge on any atom is -0.351 e. The van der Waals surface area contributed by atoms with Crippen molar-refractivity contribution in [2.24, 2.45) is 0 Å². The third kappa shape index (κ3) is 4.74. The molecule has 0 saturated carbocycles. The molecule has 1 aliphatic rings. The molecule has 1 heterocycles. The number of carbonyl (C=O) groups is 2. The number of aryl methyl sites for hydroxylation is 2. The number of nitrogens with zero attached hydrogens (tertiary/aromatic N) is 2. The van der Waals surface area contributed by atoms with Gasteiger partial charge in [0.05, 0.1) is 13.1 Å². The van der Waals surface area contributed by atoms with Crippen molar-refractivity contribution in [1.29, 1.82) is 0 Å². The van der Waals surface area contributed by atoms with E-state index in [0.717, 1.165) is 16.8 Å². The molecular weight excluding hydrogens is 338 g/mol. The molecule has 142 valence electrons. The summed E-state index contributed by atoms with van der Waals surface area (Å²) in [6.07, 6.45) is 0. The van der Waals surface area contributed by atoms with Gasteiger partial charge >= 0.3 is 0 Å². The van der Waals surface area contributed by atoms with Gasteiger partial charge in [0.2, 0.25) is 11.8 Å². The zero-order valence-electron chi connectivity index (χ0n) is 16.2. The number of carbonyl (C=O) groups excluding carboxylic acids is 2. The maximum atomic E-state index is 12.6. The topological polar surface area (TPSA) is 52.6 Å². The number of piperazine rings is 1. The van der Waals surface area contributed by atoms with Gasteiger partial charge in [-0.05, 0) is 44.0 Å². The monoisotopic (exact) mass is 365 g/mol. The second kappa shape index (κ2) is 8.35. The van der Waals surface area contributed by atoms with Gasteiger partial charge in [-0.15, -0.1) is 0 Å². The van der Waals surface area contributed by atoms with E-state index in [4.69, 9.17) is 0 Å². The first kappa shape index (κ1) is 19.1. The number of amides is 2. The standard InChI is InChI=1S/C22H27N3O2/c1-16-8-10-20(11-9-16)25-13-18(3)24(15-22(25)27)14-21(26)23-12-19-7-5-4-6-17(19)2/h4-11,18H,12-15H2,1-3H3,(H,23,26)/t18-/m1/s1. The van der Waals surface area contributed by atoms with E-state index in [1.54, 1.807) is 0 Å². The summed E-state index contributed by atoms with van der Waals surface area (Å²) in [7, 11) is 0. The van der Waals surface area contributed by atoms with Crippen molar-refractivity contribution >= 4 is 17.5 Å². The molecule has 0 unspecified atom stereocenters. The first-order valence-electron chi connectivity index (χ1n) is 9.36. The van der Waals surface area contributed by atoms with Crippen LogP contribution in [0.15, 0.2) is 48.5 Å². The summed E-state index contributed by atoms with van der Waals surface area (Å²) in [6, 6.07) is 16.1. The Morgan fingerprint density at radius 2 is 1.81 bits per heavy atom. The Morgan fingerprint density at radius 3 is 2.52 bits per heavy atom. The van der Waals surface area contributed by atoms with Crippen LogP contribution in [-0.2, 0) is 16.1 Å². The Hall–Kier alpha value is -2.66. The zero-order valence-corrected chi connectivity index (χ0v) is 16.2. The van der Waals surface area contributed by atoms with Crippen molar-refractivity contribution in [2.75, 3.05) is 24.5 Å². The van der Waals surface area contributed by atoms with Gasteiger partial charge in [0, 0.05) is 24.8 Å². The van der Waals surface area contributed by atoms with Gasteiger partial charge in [-0.3, -0.25) is 14.5 Å². The van der Waals surface area contributed by atoms with Crippen LogP contribution in [0.25, 0.3) is 0 Å². The Bertz CT molecular complexity index is 817. The third-order valence-corrected chi connectivity index (χ3v) is 5.14. The van der Waals surface area contributed by atoms with Crippen LogP contribution in [0.5, 0.6) is 0 Å². The van der Waals surface area contributed by atoms with Crippen molar-refractivity contribution in [3.05, 3.63) is 65.2 Å². The molecule has 2 aromatic rings. The molecule has 2 aromatic carbocycles. The molecule has 5 nitrogen and oxygen atoms in total. The molecule has 27 heavy (non-hydrogen) atoms. The number of nitrogens with one attached hydrogen (secondary N) is 1. The highest BCUT2D eigenvalue weighted by Crippen LogP contribution is 2.20. The maximum Gasteiger partial charge on any atom is 0.241 e. The molecule has 0 radical (unpaired) electrons. The van der Waals surface area contributed by atoms with Gasteiger partial charge in [0.25, 0.3) is 0 Å². The molecule has 0 aliphatic carbocycles. The molecule has 0 aromatic heterocycles. The number of rotatable bonds is 5. The summed E-state index contributed by atoms with van der Waals surface area (Å²) < 4.78 is 0. The lowest BCUT2D eigenvalue weighted by Gasteiger charge is -2.39. The van der Waals surface area contributed by atoms with Crippen molar-refractivity contribution < 1.29 is 9.59 Å². The van der Waals surface area contributed by atoms with Crippen LogP contribution >= 0.6 is 0 Å². The van der Waals surface area contributed by atoms with Crippen LogP contribution in [0, 0.1) is 13.8 Å². The van der Waals surface area contributed by atoms with E-state index < -0.39 is 0 Å². The molecule has 0 spiro atoms. The van der Waals surface area contributed by atoms with Crippen LogP contribution < -0.4 is 10.2 Å². The average molecular weight is 365 g/mol. The molecule has 1 saturated heterocycles. The molecule has 1 fully saturated rings. The number of hydrogen-bond donors (Lipinski definition) is 1. The summed E-state index contributed by atoms with van der Waals surface area (Å²) in [4.78, 5) is 28.7. The highest BCUT2D eigenvalue weighted by molar-refractivity contribution is 5.96. The van der Waals surface area contributed by atoms with E-state index in [0.29, 0.717) is 13.1 Å². The Morgan fingerprint density at radius 1 is 1.11 bits per heavy atom. The molecule has 1 atom stereocenters. The fraction of sp³-hybridized carbons (Fsp3) is 0.364. The zero-order chi connectivity index (χ0) is 19.4. The molecule has 0 bridgehead atoms. The van der Waals surface area contributed by atoms with Gasteiger partial charge in [0.15, 0.2) is 0 Å². The van der Waals surface area contributed by atoms with Crippen LogP contribution in [-0.4, -0.2) is 42.4 Å². The van der Waals surface area contributed by atoms with E-state index in [9.17, 15) is 9.59 Å². The summed E-state index contributed by atoms with van der Waals surface area (Å²) in [5.41, 5.74) is 4.36. The molecule has 5 heteroatoms. The van der Waals surface area contributed by atoms with Gasteiger partial charge < -0.3 is 10.2 Å². The van der Waals surface area contributed by atoms with Crippen molar-refractivity contribution in [3.63, 3.8) is 0 Å². The normalized spacial score (nSPS) is 17.8. The van der Waals surface area contributed by atoms with E-state index in [1.165, 1.54) is 5.56 Å². The lowest BCUT2D eigenvalue weighted by molar-refractivity contribution is -0.126. The fourth-order valence-corrected chi connectivity index (χ4v) is 3.32. The van der Waals surface area contributed by atoms with E-state index in [1.807, 2.05) is 72.2 Å². The number of hydrogen-bond acceptors (Lipinski definition) is 3. The minimum absolute atomic E-state index is 0.0312. The summed E-state index contributed by atoms with van der Waals surface area (Å²) >= 11 is 0. The fourth-order valence-electron chi connectivity index (χ4n) is 3.32. The second-order valence-electron chi connectivity index (χ2n) is 7.30. The number of anilines is 1. The van der Waals surface area contributed by atoms with E-state index in [-0.39, 0.29) is 30.9 Å². The van der Waals surface area contributed by atoms with Crippen LogP contribution in [0.4, 0.5) is 5.69 Å². The third-order valence-electron chi connectivity index (χ3n) is 5.14. The molecule has 1 aliphatic heterocycles. The Labute approximate surface area is 161 Å². The van der Waals surface area contributed by atoms with Crippen molar-refractivity contribution in [3.8, 4) is 0 Å². The Balaban J connectivity index is 1.55. The highest BCUT2D eigenvalue weighted by Gasteiger charge is 2.31.